The zero-order valence-corrected chi connectivity index (χ0v) is 18.0. The molecule has 2 N–H and O–H groups in total. The monoisotopic (exact) mass is 422 g/mol. The van der Waals surface area contributed by atoms with Crippen molar-refractivity contribution < 1.29 is 9.50 Å². The Hall–Kier alpha value is -3.00. The van der Waals surface area contributed by atoms with E-state index in [9.17, 15) is 5.11 Å². The lowest BCUT2D eigenvalue weighted by molar-refractivity contribution is -0.0411. The summed E-state index contributed by atoms with van der Waals surface area (Å²) < 4.78 is 17.3. The van der Waals surface area contributed by atoms with Crippen LogP contribution in [-0.2, 0) is 0 Å². The predicted molar refractivity (Wildman–Crippen MR) is 117 cm³/mol. The van der Waals surface area contributed by atoms with Crippen molar-refractivity contribution in [2.45, 2.75) is 44.4 Å². The first-order valence-electron chi connectivity index (χ1n) is 10.6. The van der Waals surface area contributed by atoms with E-state index in [-0.39, 0.29) is 17.2 Å². The summed E-state index contributed by atoms with van der Waals surface area (Å²) in [4.78, 5) is 5.96. The molecule has 2 aliphatic heterocycles. The molecule has 2 aromatic heterocycles. The number of imidazole rings is 1. The standard InChI is InChI=1S/C23H27FN6O/c1-22-8-9-23(2,26-13-22)20(24)21(22)29(3)19-7-6-17(27-28-19)16-5-4-15(12-18(16)31)30-11-10-25-14-30/h4-7,10-12,14,20-21,26,31H,8-9,13H2,1-3H3/t20-,21-,22+,23+/m1/s1. The number of nitrogens with one attached hydrogen (secondary N) is 1. The molecule has 1 aliphatic carbocycles. The largest absolute Gasteiger partial charge is 0.507 e. The Labute approximate surface area is 180 Å². The Morgan fingerprint density at radius 2 is 2.03 bits per heavy atom. The average molecular weight is 423 g/mol. The minimum absolute atomic E-state index is 0.113. The first-order valence-corrected chi connectivity index (χ1v) is 10.6. The first-order chi connectivity index (χ1) is 14.8. The highest BCUT2D eigenvalue weighted by molar-refractivity contribution is 5.69. The van der Waals surface area contributed by atoms with Crippen molar-refractivity contribution in [2.24, 2.45) is 5.41 Å². The third-order valence-electron chi connectivity index (χ3n) is 7.20. The van der Waals surface area contributed by atoms with Crippen LogP contribution in [0, 0.1) is 5.41 Å². The van der Waals surface area contributed by atoms with E-state index in [1.165, 1.54) is 0 Å². The normalized spacial score (nSPS) is 29.8. The van der Waals surface area contributed by atoms with Crippen LogP contribution in [0.2, 0.25) is 0 Å². The molecule has 2 saturated heterocycles. The molecular formula is C23H27FN6O. The van der Waals surface area contributed by atoms with Crippen LogP contribution in [0.5, 0.6) is 5.75 Å². The van der Waals surface area contributed by atoms with Gasteiger partial charge < -0.3 is 19.9 Å². The topological polar surface area (TPSA) is 79.1 Å². The van der Waals surface area contributed by atoms with Crippen molar-refractivity contribution in [3.05, 3.63) is 49.1 Å². The number of phenols is 1. The molecule has 162 valence electrons. The van der Waals surface area contributed by atoms with Crippen LogP contribution in [0.4, 0.5) is 10.2 Å². The molecule has 8 heteroatoms. The van der Waals surface area contributed by atoms with Gasteiger partial charge in [-0.05, 0) is 44.0 Å². The van der Waals surface area contributed by atoms with Gasteiger partial charge in [0.15, 0.2) is 5.82 Å². The molecule has 1 aromatic carbocycles. The van der Waals surface area contributed by atoms with Gasteiger partial charge in [0.25, 0.3) is 0 Å². The number of nitrogens with zero attached hydrogens (tertiary/aromatic N) is 5. The van der Waals surface area contributed by atoms with Crippen molar-refractivity contribution in [1.82, 2.24) is 25.1 Å². The highest BCUT2D eigenvalue weighted by atomic mass is 19.1. The molecule has 3 aliphatic rings. The summed E-state index contributed by atoms with van der Waals surface area (Å²) in [5.41, 5.74) is 1.31. The van der Waals surface area contributed by atoms with Crippen molar-refractivity contribution in [3.8, 4) is 22.7 Å². The van der Waals surface area contributed by atoms with Gasteiger partial charge in [-0.25, -0.2) is 9.37 Å². The second kappa shape index (κ2) is 7.02. The number of benzene rings is 1. The molecule has 0 unspecified atom stereocenters. The van der Waals surface area contributed by atoms with Crippen LogP contribution >= 0.6 is 0 Å². The van der Waals surface area contributed by atoms with E-state index < -0.39 is 11.7 Å². The van der Waals surface area contributed by atoms with E-state index in [0.717, 1.165) is 25.1 Å². The van der Waals surface area contributed by atoms with Crippen molar-refractivity contribution in [3.63, 3.8) is 0 Å². The summed E-state index contributed by atoms with van der Waals surface area (Å²) in [5.74, 6) is 0.741. The Morgan fingerprint density at radius 3 is 2.65 bits per heavy atom. The number of aromatic hydroxyl groups is 1. The van der Waals surface area contributed by atoms with E-state index in [0.29, 0.717) is 17.1 Å². The molecule has 31 heavy (non-hydrogen) atoms. The molecule has 2 bridgehead atoms. The third-order valence-corrected chi connectivity index (χ3v) is 7.20. The maximum Gasteiger partial charge on any atom is 0.151 e. The van der Waals surface area contributed by atoms with Crippen LogP contribution in [0.3, 0.4) is 0 Å². The number of fused-ring (bicyclic) bond motifs is 3. The van der Waals surface area contributed by atoms with Crippen LogP contribution in [0.25, 0.3) is 16.9 Å². The first kappa shape index (κ1) is 19.9. The molecule has 0 radical (unpaired) electrons. The van der Waals surface area contributed by atoms with Gasteiger partial charge in [0.05, 0.1) is 23.8 Å². The van der Waals surface area contributed by atoms with E-state index in [1.807, 2.05) is 53.9 Å². The zero-order chi connectivity index (χ0) is 21.8. The third kappa shape index (κ3) is 3.17. The maximum atomic E-state index is 15.5. The molecule has 0 amide bonds. The molecule has 0 spiro atoms. The van der Waals surface area contributed by atoms with Crippen molar-refractivity contribution in [2.75, 3.05) is 18.5 Å². The number of hydrogen-bond donors (Lipinski definition) is 2. The van der Waals surface area contributed by atoms with Crippen LogP contribution in [0.1, 0.15) is 26.7 Å². The molecule has 1 saturated carbocycles. The SMILES string of the molecule is CN(c1ccc(-c2ccc(-n3ccnc3)cc2O)nn1)[C@@H]1[C@@H](F)[C@]2(C)CC[C@@]1(C)CN2. The lowest BCUT2D eigenvalue weighted by Gasteiger charge is -2.60. The molecule has 6 rings (SSSR count). The van der Waals surface area contributed by atoms with Crippen molar-refractivity contribution >= 4 is 5.82 Å². The van der Waals surface area contributed by atoms with Crippen molar-refractivity contribution in [1.29, 1.82) is 0 Å². The lowest BCUT2D eigenvalue weighted by atomic mass is 9.60. The fourth-order valence-corrected chi connectivity index (χ4v) is 5.09. The van der Waals surface area contributed by atoms with Gasteiger partial charge >= 0.3 is 0 Å². The number of anilines is 1. The van der Waals surface area contributed by atoms with E-state index in [4.69, 9.17) is 0 Å². The van der Waals surface area contributed by atoms with Gasteiger partial charge in [-0.15, -0.1) is 10.2 Å². The van der Waals surface area contributed by atoms with Crippen LogP contribution in [-0.4, -0.2) is 56.2 Å². The number of rotatable bonds is 4. The summed E-state index contributed by atoms with van der Waals surface area (Å²) >= 11 is 0. The molecule has 4 atom stereocenters. The minimum Gasteiger partial charge on any atom is -0.507 e. The van der Waals surface area contributed by atoms with E-state index in [1.54, 1.807) is 18.6 Å². The molecule has 3 aromatic rings. The Bertz CT molecular complexity index is 1080. The number of alkyl halides is 1. The van der Waals surface area contributed by atoms with Crippen LogP contribution in [0.15, 0.2) is 49.1 Å². The quantitative estimate of drug-likeness (QED) is 0.671. The highest BCUT2D eigenvalue weighted by Crippen LogP contribution is 2.49. The number of halogens is 1. The summed E-state index contributed by atoms with van der Waals surface area (Å²) in [6.07, 6.45) is 5.99. The number of aromatic nitrogens is 4. The van der Waals surface area contributed by atoms with Gasteiger partial charge in [-0.1, -0.05) is 6.92 Å². The van der Waals surface area contributed by atoms with Gasteiger partial charge in [0.2, 0.25) is 0 Å². The summed E-state index contributed by atoms with van der Waals surface area (Å²) in [7, 11) is 1.90. The predicted octanol–water partition coefficient (Wildman–Crippen LogP) is 3.34. The Morgan fingerprint density at radius 1 is 1.19 bits per heavy atom. The second-order valence-electron chi connectivity index (χ2n) is 9.33. The summed E-state index contributed by atoms with van der Waals surface area (Å²) in [5, 5.41) is 22.6. The molecular weight excluding hydrogens is 395 g/mol. The van der Waals surface area contributed by atoms with E-state index >= 15 is 4.39 Å². The highest BCUT2D eigenvalue weighted by Gasteiger charge is 2.58. The van der Waals surface area contributed by atoms with Gasteiger partial charge in [0, 0.05) is 48.6 Å². The summed E-state index contributed by atoms with van der Waals surface area (Å²) in [6.45, 7) is 4.91. The number of hydrogen-bond acceptors (Lipinski definition) is 6. The minimum atomic E-state index is -0.994. The maximum absolute atomic E-state index is 15.5. The second-order valence-corrected chi connectivity index (χ2v) is 9.33. The fourth-order valence-electron chi connectivity index (χ4n) is 5.09. The molecule has 7 nitrogen and oxygen atoms in total. The Balaban J connectivity index is 1.40. The number of phenolic OH excluding ortho intramolecular Hbond substituents is 1. The molecule has 3 fully saturated rings. The summed E-state index contributed by atoms with van der Waals surface area (Å²) in [6, 6.07) is 8.76. The fraction of sp³-hybridized carbons (Fsp3) is 0.435. The smallest absolute Gasteiger partial charge is 0.151 e. The average Bonchev–Trinajstić information content (AvgIpc) is 3.30. The molecule has 4 heterocycles. The van der Waals surface area contributed by atoms with Gasteiger partial charge in [-0.3, -0.25) is 0 Å². The Kier molecular flexibility index (Phi) is 4.51. The number of piperidine rings is 2. The lowest BCUT2D eigenvalue weighted by Crippen LogP contribution is -2.74. The van der Waals surface area contributed by atoms with E-state index in [2.05, 4.69) is 27.4 Å². The van der Waals surface area contributed by atoms with Crippen LogP contribution < -0.4 is 10.2 Å². The van der Waals surface area contributed by atoms with Gasteiger partial charge in [-0.2, -0.15) is 0 Å². The zero-order valence-electron chi connectivity index (χ0n) is 18.0. The van der Waals surface area contributed by atoms with Gasteiger partial charge in [0.1, 0.15) is 11.9 Å².